The summed E-state index contributed by atoms with van der Waals surface area (Å²) in [7, 11) is 0. The monoisotopic (exact) mass is 402 g/mol. The minimum absolute atomic E-state index is 0.0363. The average Bonchev–Trinajstić information content (AvgIpc) is 3.08. The number of hydrogen-bond donors (Lipinski definition) is 3. The van der Waals surface area contributed by atoms with Gasteiger partial charge in [0.2, 0.25) is 0 Å². The molecule has 0 radical (unpaired) electrons. The number of rotatable bonds is 1. The van der Waals surface area contributed by atoms with E-state index < -0.39 is 41.7 Å². The van der Waals surface area contributed by atoms with E-state index in [1.807, 2.05) is 0 Å². The molecule has 1 aromatic rings. The Hall–Kier alpha value is -3.31. The lowest BCUT2D eigenvalue weighted by atomic mass is 10.0. The second kappa shape index (κ2) is 5.84. The Labute approximate surface area is 153 Å². The van der Waals surface area contributed by atoms with Gasteiger partial charge in [-0.3, -0.25) is 10.1 Å². The summed E-state index contributed by atoms with van der Waals surface area (Å²) >= 11 is 0. The maximum absolute atomic E-state index is 13.1. The fourth-order valence-corrected chi connectivity index (χ4v) is 2.91. The molecule has 0 aromatic heterocycles. The zero-order chi connectivity index (χ0) is 20.3. The molecule has 2 aliphatic heterocycles. The minimum Gasteiger partial charge on any atom is -0.398 e. The third kappa shape index (κ3) is 3.21. The molecule has 3 aliphatic rings. The molecule has 12 heteroatoms. The molecule has 1 aliphatic carbocycles. The number of fused-ring (bicyclic) bond motifs is 2. The predicted octanol–water partition coefficient (Wildman–Crippen LogP) is 2.09. The van der Waals surface area contributed by atoms with Crippen molar-refractivity contribution in [2.24, 2.45) is 4.99 Å². The van der Waals surface area contributed by atoms with Gasteiger partial charge < -0.3 is 20.5 Å². The standard InChI is InChI=1S/C16H11F5N4O3/c17-15(18,19)7-3-6(1-2-8(7)22)13(26)25-14-23-9-4-11-12(5-10(9)24-14)28-16(20,21)27-11/h1-5,9-10H,22H2,(H2,23,24,25,26). The number of nitrogens with zero attached hydrogens (tertiary/aromatic N) is 1. The van der Waals surface area contributed by atoms with Gasteiger partial charge in [-0.25, -0.2) is 4.99 Å². The highest BCUT2D eigenvalue weighted by Crippen LogP contribution is 2.40. The first-order valence-electron chi connectivity index (χ1n) is 7.84. The van der Waals surface area contributed by atoms with E-state index in [0.717, 1.165) is 12.1 Å². The Bertz CT molecular complexity index is 954. The van der Waals surface area contributed by atoms with Gasteiger partial charge in [0.15, 0.2) is 17.5 Å². The van der Waals surface area contributed by atoms with Crippen molar-refractivity contribution >= 4 is 17.6 Å². The topological polar surface area (TPSA) is 98.0 Å². The summed E-state index contributed by atoms with van der Waals surface area (Å²) in [6, 6.07) is 1.49. The number of nitrogens with one attached hydrogen (secondary N) is 2. The summed E-state index contributed by atoms with van der Waals surface area (Å²) in [6.45, 7) is 0. The van der Waals surface area contributed by atoms with E-state index in [2.05, 4.69) is 25.1 Å². The maximum Gasteiger partial charge on any atom is 0.586 e. The summed E-state index contributed by atoms with van der Waals surface area (Å²) in [6.07, 6.45) is -5.87. The van der Waals surface area contributed by atoms with Crippen molar-refractivity contribution < 1.29 is 36.2 Å². The van der Waals surface area contributed by atoms with E-state index in [0.29, 0.717) is 6.07 Å². The van der Waals surface area contributed by atoms with Crippen molar-refractivity contribution in [3.05, 3.63) is 53.0 Å². The number of nitrogen functional groups attached to an aromatic ring is 1. The van der Waals surface area contributed by atoms with Crippen LogP contribution >= 0.6 is 0 Å². The molecule has 4 rings (SSSR count). The molecular weight excluding hydrogens is 391 g/mol. The quantitative estimate of drug-likeness (QED) is 0.494. The van der Waals surface area contributed by atoms with Crippen LogP contribution in [0.3, 0.4) is 0 Å². The van der Waals surface area contributed by atoms with Gasteiger partial charge in [0.25, 0.3) is 5.91 Å². The molecule has 0 spiro atoms. The Morgan fingerprint density at radius 2 is 1.89 bits per heavy atom. The summed E-state index contributed by atoms with van der Waals surface area (Å²) in [5, 5.41) is 5.09. The van der Waals surface area contributed by atoms with E-state index in [-0.39, 0.29) is 23.0 Å². The van der Waals surface area contributed by atoms with Crippen LogP contribution < -0.4 is 16.4 Å². The predicted molar refractivity (Wildman–Crippen MR) is 84.8 cm³/mol. The van der Waals surface area contributed by atoms with E-state index >= 15 is 0 Å². The van der Waals surface area contributed by atoms with Crippen LogP contribution in [-0.2, 0) is 15.7 Å². The van der Waals surface area contributed by atoms with Crippen LogP contribution in [0, 0.1) is 0 Å². The average molecular weight is 402 g/mol. The number of nitrogens with two attached hydrogens (primary N) is 1. The number of halogens is 5. The number of anilines is 1. The molecule has 1 saturated heterocycles. The molecule has 1 fully saturated rings. The molecule has 148 valence electrons. The fourth-order valence-electron chi connectivity index (χ4n) is 2.91. The van der Waals surface area contributed by atoms with Crippen molar-refractivity contribution in [1.29, 1.82) is 0 Å². The summed E-state index contributed by atoms with van der Waals surface area (Å²) < 4.78 is 73.6. The first-order chi connectivity index (χ1) is 13.0. The number of ether oxygens (including phenoxy) is 2. The largest absolute Gasteiger partial charge is 0.586 e. The highest BCUT2D eigenvalue weighted by atomic mass is 19.4. The summed E-state index contributed by atoms with van der Waals surface area (Å²) in [5.74, 6) is -1.24. The van der Waals surface area contributed by atoms with Gasteiger partial charge in [-0.2, -0.15) is 13.2 Å². The number of benzene rings is 1. The fraction of sp³-hybridized carbons (Fsp3) is 0.250. The number of hydrogen-bond acceptors (Lipinski definition) is 6. The highest BCUT2D eigenvalue weighted by molar-refractivity contribution is 6.06. The van der Waals surface area contributed by atoms with Crippen molar-refractivity contribution in [3.63, 3.8) is 0 Å². The SMILES string of the molecule is Nc1ccc(C(=O)NC2=NC3C=C4OC(F)(F)OC4=CC3N2)cc1C(F)(F)F. The Morgan fingerprint density at radius 3 is 2.57 bits per heavy atom. The van der Waals surface area contributed by atoms with Crippen LogP contribution in [0.4, 0.5) is 27.6 Å². The van der Waals surface area contributed by atoms with Crippen molar-refractivity contribution in [2.45, 2.75) is 24.6 Å². The third-order valence-corrected chi connectivity index (χ3v) is 4.16. The second-order valence-electron chi connectivity index (χ2n) is 6.12. The van der Waals surface area contributed by atoms with Crippen LogP contribution in [0.25, 0.3) is 0 Å². The lowest BCUT2D eigenvalue weighted by Gasteiger charge is -2.16. The van der Waals surface area contributed by atoms with E-state index in [9.17, 15) is 26.7 Å². The van der Waals surface area contributed by atoms with Gasteiger partial charge in [-0.05, 0) is 30.4 Å². The Balaban J connectivity index is 1.50. The molecule has 1 aromatic carbocycles. The van der Waals surface area contributed by atoms with Gasteiger partial charge in [0, 0.05) is 11.3 Å². The van der Waals surface area contributed by atoms with Gasteiger partial charge in [-0.1, -0.05) is 0 Å². The van der Waals surface area contributed by atoms with Crippen LogP contribution in [0.5, 0.6) is 0 Å². The summed E-state index contributed by atoms with van der Waals surface area (Å²) in [5.41, 5.74) is 3.39. The van der Waals surface area contributed by atoms with Crippen LogP contribution in [0.15, 0.2) is 46.9 Å². The zero-order valence-corrected chi connectivity index (χ0v) is 13.7. The molecular formula is C16H11F5N4O3. The van der Waals surface area contributed by atoms with Crippen molar-refractivity contribution in [2.75, 3.05) is 5.73 Å². The summed E-state index contributed by atoms with van der Waals surface area (Å²) in [4.78, 5) is 16.4. The van der Waals surface area contributed by atoms with Gasteiger partial charge in [-0.15, -0.1) is 8.78 Å². The van der Waals surface area contributed by atoms with Crippen LogP contribution in [-0.4, -0.2) is 30.2 Å². The number of amides is 1. The van der Waals surface area contributed by atoms with E-state index in [1.165, 1.54) is 12.2 Å². The number of carbonyl (C=O) groups is 1. The number of carbonyl (C=O) groups excluding carboxylic acids is 1. The molecule has 2 unspecified atom stereocenters. The highest BCUT2D eigenvalue weighted by Gasteiger charge is 2.48. The van der Waals surface area contributed by atoms with Crippen molar-refractivity contribution in [1.82, 2.24) is 10.6 Å². The van der Waals surface area contributed by atoms with E-state index in [4.69, 9.17) is 5.73 Å². The zero-order valence-electron chi connectivity index (χ0n) is 13.7. The molecule has 2 heterocycles. The smallest absolute Gasteiger partial charge is 0.398 e. The molecule has 1 amide bonds. The second-order valence-corrected chi connectivity index (χ2v) is 6.12. The number of aliphatic imine (C=N–C) groups is 1. The number of guanidine groups is 1. The lowest BCUT2D eigenvalue weighted by Crippen LogP contribution is -2.42. The molecule has 0 bridgehead atoms. The Kier molecular flexibility index (Phi) is 3.77. The molecule has 28 heavy (non-hydrogen) atoms. The molecule has 0 saturated carbocycles. The molecule has 7 nitrogen and oxygen atoms in total. The van der Waals surface area contributed by atoms with Crippen LogP contribution in [0.2, 0.25) is 0 Å². The number of alkyl halides is 5. The molecule has 2 atom stereocenters. The van der Waals surface area contributed by atoms with Gasteiger partial charge >= 0.3 is 12.5 Å². The van der Waals surface area contributed by atoms with Gasteiger partial charge in [0.1, 0.15) is 0 Å². The van der Waals surface area contributed by atoms with E-state index in [1.54, 1.807) is 0 Å². The van der Waals surface area contributed by atoms with Gasteiger partial charge in [0.05, 0.1) is 17.6 Å². The first kappa shape index (κ1) is 18.1. The first-order valence-corrected chi connectivity index (χ1v) is 7.84. The minimum atomic E-state index is -4.71. The Morgan fingerprint density at radius 1 is 1.21 bits per heavy atom. The maximum atomic E-state index is 13.1. The third-order valence-electron chi connectivity index (χ3n) is 4.16. The van der Waals surface area contributed by atoms with Crippen molar-refractivity contribution in [3.8, 4) is 0 Å². The molecule has 4 N–H and O–H groups in total. The van der Waals surface area contributed by atoms with Crippen LogP contribution in [0.1, 0.15) is 15.9 Å². The lowest BCUT2D eigenvalue weighted by molar-refractivity contribution is -0.326. The normalized spacial score (nSPS) is 24.5.